The second kappa shape index (κ2) is 5.75. The summed E-state index contributed by atoms with van der Waals surface area (Å²) in [6.45, 7) is 5.84. The fourth-order valence-electron chi connectivity index (χ4n) is 1.03. The SMILES string of the molecule is CC.Cc1cnc(-n2cnccc2=O)cn1. The summed E-state index contributed by atoms with van der Waals surface area (Å²) < 4.78 is 1.34. The molecule has 2 aromatic rings. The van der Waals surface area contributed by atoms with Gasteiger partial charge in [0.05, 0.1) is 18.1 Å². The van der Waals surface area contributed by atoms with Gasteiger partial charge in [0, 0.05) is 12.3 Å². The largest absolute Gasteiger partial charge is 0.269 e. The lowest BCUT2D eigenvalue weighted by Crippen LogP contribution is -2.17. The number of hydrogen-bond donors (Lipinski definition) is 0. The predicted octanol–water partition coefficient (Wildman–Crippen LogP) is 1.36. The van der Waals surface area contributed by atoms with Crippen molar-refractivity contribution in [2.45, 2.75) is 20.8 Å². The molecular formula is C11H14N4O. The Labute approximate surface area is 93.8 Å². The van der Waals surface area contributed by atoms with Gasteiger partial charge >= 0.3 is 0 Å². The molecule has 2 rings (SSSR count). The lowest BCUT2D eigenvalue weighted by Gasteiger charge is -2.01. The van der Waals surface area contributed by atoms with E-state index < -0.39 is 0 Å². The molecule has 0 aliphatic carbocycles. The smallest absolute Gasteiger partial charge is 0.259 e. The van der Waals surface area contributed by atoms with Crippen LogP contribution in [0.5, 0.6) is 0 Å². The number of hydrogen-bond acceptors (Lipinski definition) is 4. The second-order valence-electron chi connectivity index (χ2n) is 2.80. The Morgan fingerprint density at radius 2 is 1.94 bits per heavy atom. The van der Waals surface area contributed by atoms with Crippen LogP contribution in [0.3, 0.4) is 0 Å². The van der Waals surface area contributed by atoms with Crippen LogP contribution < -0.4 is 5.56 Å². The molecule has 0 atom stereocenters. The molecule has 0 N–H and O–H groups in total. The predicted molar refractivity (Wildman–Crippen MR) is 61.5 cm³/mol. The fraction of sp³-hybridized carbons (Fsp3) is 0.273. The van der Waals surface area contributed by atoms with Crippen molar-refractivity contribution in [3.05, 3.63) is 47.0 Å². The molecule has 2 heterocycles. The highest BCUT2D eigenvalue weighted by molar-refractivity contribution is 5.18. The van der Waals surface area contributed by atoms with Crippen LogP contribution in [0.25, 0.3) is 5.82 Å². The number of aromatic nitrogens is 4. The minimum Gasteiger partial charge on any atom is -0.269 e. The molecule has 0 fully saturated rings. The third kappa shape index (κ3) is 2.73. The van der Waals surface area contributed by atoms with E-state index in [4.69, 9.17) is 0 Å². The summed E-state index contributed by atoms with van der Waals surface area (Å²) in [5.74, 6) is 0.480. The molecule has 0 amide bonds. The van der Waals surface area contributed by atoms with Crippen molar-refractivity contribution < 1.29 is 0 Å². The maximum absolute atomic E-state index is 11.4. The van der Waals surface area contributed by atoms with E-state index in [1.165, 1.54) is 23.2 Å². The van der Waals surface area contributed by atoms with E-state index in [2.05, 4.69) is 15.0 Å². The van der Waals surface area contributed by atoms with E-state index in [-0.39, 0.29) is 5.56 Å². The summed E-state index contributed by atoms with van der Waals surface area (Å²) in [6, 6.07) is 1.38. The zero-order chi connectivity index (χ0) is 12.0. The van der Waals surface area contributed by atoms with Crippen molar-refractivity contribution in [3.8, 4) is 5.82 Å². The van der Waals surface area contributed by atoms with Crippen molar-refractivity contribution in [1.82, 2.24) is 19.5 Å². The van der Waals surface area contributed by atoms with Gasteiger partial charge in [-0.15, -0.1) is 0 Å². The molecule has 0 aliphatic rings. The van der Waals surface area contributed by atoms with Gasteiger partial charge in [0.1, 0.15) is 6.33 Å². The lowest BCUT2D eigenvalue weighted by atomic mass is 10.5. The molecule has 0 bridgehead atoms. The Morgan fingerprint density at radius 3 is 2.50 bits per heavy atom. The molecule has 0 aliphatic heterocycles. The van der Waals surface area contributed by atoms with Gasteiger partial charge in [-0.05, 0) is 6.92 Å². The minimum absolute atomic E-state index is 0.168. The van der Waals surface area contributed by atoms with Crippen molar-refractivity contribution in [3.63, 3.8) is 0 Å². The Bertz CT molecular complexity index is 490. The summed E-state index contributed by atoms with van der Waals surface area (Å²) in [4.78, 5) is 23.3. The van der Waals surface area contributed by atoms with E-state index in [9.17, 15) is 4.79 Å². The average molecular weight is 218 g/mol. The maximum Gasteiger partial charge on any atom is 0.259 e. The van der Waals surface area contributed by atoms with Gasteiger partial charge in [-0.1, -0.05) is 13.8 Å². The third-order valence-corrected chi connectivity index (χ3v) is 1.74. The lowest BCUT2D eigenvalue weighted by molar-refractivity contribution is 0.881. The van der Waals surface area contributed by atoms with Gasteiger partial charge in [0.2, 0.25) is 0 Å². The molecule has 2 aromatic heterocycles. The topological polar surface area (TPSA) is 60.7 Å². The van der Waals surface area contributed by atoms with Crippen LogP contribution in [0, 0.1) is 6.92 Å². The maximum atomic E-state index is 11.4. The summed E-state index contributed by atoms with van der Waals surface area (Å²) in [5, 5.41) is 0. The first-order valence-corrected chi connectivity index (χ1v) is 5.09. The van der Waals surface area contributed by atoms with Gasteiger partial charge in [0.25, 0.3) is 5.56 Å². The first kappa shape index (κ1) is 12.0. The Balaban J connectivity index is 0.000000606. The molecular weight excluding hydrogens is 204 g/mol. The van der Waals surface area contributed by atoms with Crippen LogP contribution >= 0.6 is 0 Å². The highest BCUT2D eigenvalue weighted by Crippen LogP contribution is 1.97. The van der Waals surface area contributed by atoms with E-state index in [1.54, 1.807) is 12.4 Å². The van der Waals surface area contributed by atoms with Crippen molar-refractivity contribution in [2.24, 2.45) is 0 Å². The standard InChI is InChI=1S/C9H8N4O.C2H6/c1-7-4-12-8(5-11-7)13-6-10-3-2-9(13)14;1-2/h2-6H,1H3;1-2H3. The van der Waals surface area contributed by atoms with Gasteiger partial charge in [-0.2, -0.15) is 0 Å². The molecule has 5 nitrogen and oxygen atoms in total. The minimum atomic E-state index is -0.168. The Hall–Kier alpha value is -2.04. The zero-order valence-electron chi connectivity index (χ0n) is 9.58. The molecule has 0 saturated carbocycles. The van der Waals surface area contributed by atoms with E-state index >= 15 is 0 Å². The van der Waals surface area contributed by atoms with Crippen LogP contribution in [0.4, 0.5) is 0 Å². The molecule has 16 heavy (non-hydrogen) atoms. The van der Waals surface area contributed by atoms with Crippen molar-refractivity contribution >= 4 is 0 Å². The van der Waals surface area contributed by atoms with E-state index in [0.29, 0.717) is 5.82 Å². The molecule has 84 valence electrons. The normalized spacial score (nSPS) is 9.19. The fourth-order valence-corrected chi connectivity index (χ4v) is 1.03. The molecule has 0 unspecified atom stereocenters. The quantitative estimate of drug-likeness (QED) is 0.725. The summed E-state index contributed by atoms with van der Waals surface area (Å²) >= 11 is 0. The third-order valence-electron chi connectivity index (χ3n) is 1.74. The summed E-state index contributed by atoms with van der Waals surface area (Å²) in [5.41, 5.74) is 0.642. The molecule has 0 spiro atoms. The second-order valence-corrected chi connectivity index (χ2v) is 2.80. The van der Waals surface area contributed by atoms with E-state index in [1.807, 2.05) is 20.8 Å². The van der Waals surface area contributed by atoms with Gasteiger partial charge in [-0.25, -0.2) is 14.5 Å². The average Bonchev–Trinajstić information content (AvgIpc) is 2.34. The molecule has 0 aromatic carbocycles. The molecule has 5 heteroatoms. The van der Waals surface area contributed by atoms with Crippen LogP contribution in [-0.2, 0) is 0 Å². The Morgan fingerprint density at radius 1 is 1.19 bits per heavy atom. The number of rotatable bonds is 1. The first-order chi connectivity index (χ1) is 7.77. The van der Waals surface area contributed by atoms with Crippen molar-refractivity contribution in [1.29, 1.82) is 0 Å². The Kier molecular flexibility index (Phi) is 4.32. The summed E-state index contributed by atoms with van der Waals surface area (Å²) in [6.07, 6.45) is 6.01. The summed E-state index contributed by atoms with van der Waals surface area (Å²) in [7, 11) is 0. The van der Waals surface area contributed by atoms with Crippen LogP contribution in [0.1, 0.15) is 19.5 Å². The van der Waals surface area contributed by atoms with Crippen LogP contribution in [0.2, 0.25) is 0 Å². The van der Waals surface area contributed by atoms with Gasteiger partial charge in [0.15, 0.2) is 5.82 Å². The zero-order valence-corrected chi connectivity index (χ0v) is 9.58. The van der Waals surface area contributed by atoms with Crippen LogP contribution in [-0.4, -0.2) is 19.5 Å². The number of nitrogens with zero attached hydrogens (tertiary/aromatic N) is 4. The van der Waals surface area contributed by atoms with E-state index in [0.717, 1.165) is 5.69 Å². The number of aryl methyl sites for hydroxylation is 1. The molecule has 0 saturated heterocycles. The van der Waals surface area contributed by atoms with Gasteiger partial charge in [-0.3, -0.25) is 9.78 Å². The van der Waals surface area contributed by atoms with Crippen LogP contribution in [0.15, 0.2) is 35.8 Å². The highest BCUT2D eigenvalue weighted by atomic mass is 16.1. The van der Waals surface area contributed by atoms with Crippen molar-refractivity contribution in [2.75, 3.05) is 0 Å². The first-order valence-electron chi connectivity index (χ1n) is 5.09. The van der Waals surface area contributed by atoms with Gasteiger partial charge < -0.3 is 0 Å². The monoisotopic (exact) mass is 218 g/mol. The molecule has 0 radical (unpaired) electrons. The highest BCUT2D eigenvalue weighted by Gasteiger charge is 1.99.